The van der Waals surface area contributed by atoms with Crippen LogP contribution in [0, 0.1) is 5.41 Å². The van der Waals surface area contributed by atoms with Crippen molar-refractivity contribution in [3.8, 4) is 0 Å². The third kappa shape index (κ3) is 2.35. The van der Waals surface area contributed by atoms with Crippen molar-refractivity contribution in [1.82, 2.24) is 4.90 Å². The molecule has 0 radical (unpaired) electrons. The van der Waals surface area contributed by atoms with Crippen LogP contribution in [0.4, 0.5) is 0 Å². The molecule has 0 aromatic carbocycles. The van der Waals surface area contributed by atoms with Crippen molar-refractivity contribution in [3.05, 3.63) is 0 Å². The summed E-state index contributed by atoms with van der Waals surface area (Å²) in [6, 6.07) is 0. The lowest BCUT2D eigenvalue weighted by atomic mass is 9.88. The van der Waals surface area contributed by atoms with E-state index in [0.717, 1.165) is 12.3 Å². The van der Waals surface area contributed by atoms with Crippen LogP contribution in [-0.4, -0.2) is 29.2 Å². The van der Waals surface area contributed by atoms with Gasteiger partial charge in [-0.15, -0.1) is 0 Å². The van der Waals surface area contributed by atoms with E-state index in [2.05, 4.69) is 18.7 Å². The molecule has 0 bridgehead atoms. The highest BCUT2D eigenvalue weighted by Gasteiger charge is 2.38. The summed E-state index contributed by atoms with van der Waals surface area (Å²) in [6.07, 6.45) is 6.47. The van der Waals surface area contributed by atoms with E-state index < -0.39 is 0 Å². The van der Waals surface area contributed by atoms with Gasteiger partial charge in [0, 0.05) is 17.8 Å². The Kier molecular flexibility index (Phi) is 4.11. The summed E-state index contributed by atoms with van der Waals surface area (Å²) in [7, 11) is 0. The summed E-state index contributed by atoms with van der Waals surface area (Å²) in [5, 5.41) is 7.60. The molecule has 1 rings (SSSR count). The quantitative estimate of drug-likeness (QED) is 0.672. The van der Waals surface area contributed by atoms with Gasteiger partial charge in [0.1, 0.15) is 0 Å². The number of nitrogens with one attached hydrogen (secondary N) is 1. The van der Waals surface area contributed by atoms with Gasteiger partial charge in [0.2, 0.25) is 0 Å². The molecule has 2 nitrogen and oxygen atoms in total. The van der Waals surface area contributed by atoms with Crippen molar-refractivity contribution in [2.75, 3.05) is 13.1 Å². The zero-order valence-corrected chi connectivity index (χ0v) is 9.90. The molecular formula is C12H24N2. The molecule has 0 amide bonds. The van der Waals surface area contributed by atoms with E-state index in [-0.39, 0.29) is 0 Å². The SMILES string of the molecule is CCCC1(CC)CCCN1CC(C)=N. The van der Waals surface area contributed by atoms with Crippen LogP contribution in [0.5, 0.6) is 0 Å². The molecule has 1 N–H and O–H groups in total. The molecule has 1 fully saturated rings. The predicted molar refractivity (Wildman–Crippen MR) is 62.1 cm³/mol. The van der Waals surface area contributed by atoms with Crippen molar-refractivity contribution in [2.45, 2.75) is 58.4 Å². The Morgan fingerprint density at radius 2 is 2.14 bits per heavy atom. The van der Waals surface area contributed by atoms with Crippen LogP contribution < -0.4 is 0 Å². The van der Waals surface area contributed by atoms with Crippen LogP contribution in [0.15, 0.2) is 0 Å². The molecule has 1 heterocycles. The van der Waals surface area contributed by atoms with Gasteiger partial charge in [-0.3, -0.25) is 4.90 Å². The zero-order chi connectivity index (χ0) is 10.6. The lowest BCUT2D eigenvalue weighted by Crippen LogP contribution is -2.45. The lowest BCUT2D eigenvalue weighted by Gasteiger charge is -2.38. The summed E-state index contributed by atoms with van der Waals surface area (Å²) < 4.78 is 0. The van der Waals surface area contributed by atoms with E-state index >= 15 is 0 Å². The molecule has 1 aliphatic heterocycles. The van der Waals surface area contributed by atoms with Crippen molar-refractivity contribution in [2.24, 2.45) is 0 Å². The Labute approximate surface area is 88.2 Å². The fourth-order valence-corrected chi connectivity index (χ4v) is 2.85. The third-order valence-electron chi connectivity index (χ3n) is 3.54. The van der Waals surface area contributed by atoms with Gasteiger partial charge in [-0.1, -0.05) is 20.3 Å². The molecule has 1 atom stereocenters. The summed E-state index contributed by atoms with van der Waals surface area (Å²) in [5.74, 6) is 0. The maximum Gasteiger partial charge on any atom is 0.0363 e. The van der Waals surface area contributed by atoms with Crippen LogP contribution in [-0.2, 0) is 0 Å². The van der Waals surface area contributed by atoms with Crippen LogP contribution in [0.25, 0.3) is 0 Å². The van der Waals surface area contributed by atoms with Gasteiger partial charge in [0.05, 0.1) is 0 Å². The Morgan fingerprint density at radius 1 is 1.43 bits per heavy atom. The highest BCUT2D eigenvalue weighted by atomic mass is 15.2. The lowest BCUT2D eigenvalue weighted by molar-refractivity contribution is 0.139. The fraction of sp³-hybridized carbons (Fsp3) is 0.917. The van der Waals surface area contributed by atoms with E-state index in [1.54, 1.807) is 0 Å². The van der Waals surface area contributed by atoms with E-state index in [0.29, 0.717) is 5.54 Å². The molecule has 1 saturated heterocycles. The molecule has 14 heavy (non-hydrogen) atoms. The average molecular weight is 196 g/mol. The van der Waals surface area contributed by atoms with Crippen LogP contribution in [0.2, 0.25) is 0 Å². The predicted octanol–water partition coefficient (Wildman–Crippen LogP) is 3.07. The number of hydrogen-bond acceptors (Lipinski definition) is 2. The average Bonchev–Trinajstić information content (AvgIpc) is 2.49. The standard InChI is InChI=1S/C12H24N2/c1-4-7-12(5-2)8-6-9-14(12)10-11(3)13/h13H,4-10H2,1-3H3. The van der Waals surface area contributed by atoms with Crippen molar-refractivity contribution in [1.29, 1.82) is 5.41 Å². The smallest absolute Gasteiger partial charge is 0.0363 e. The normalized spacial score (nSPS) is 28.2. The second kappa shape index (κ2) is 4.92. The molecule has 0 spiro atoms. The number of rotatable bonds is 5. The second-order valence-electron chi connectivity index (χ2n) is 4.63. The van der Waals surface area contributed by atoms with Gasteiger partial charge in [0.25, 0.3) is 0 Å². The molecule has 0 aromatic rings. The Balaban J connectivity index is 2.66. The van der Waals surface area contributed by atoms with Crippen LogP contribution in [0.1, 0.15) is 52.9 Å². The second-order valence-corrected chi connectivity index (χ2v) is 4.63. The molecule has 1 unspecified atom stereocenters. The first-order chi connectivity index (χ1) is 6.64. The van der Waals surface area contributed by atoms with E-state index in [4.69, 9.17) is 5.41 Å². The molecule has 2 heteroatoms. The van der Waals surface area contributed by atoms with Gasteiger partial charge in [-0.25, -0.2) is 0 Å². The topological polar surface area (TPSA) is 27.1 Å². The molecule has 82 valence electrons. The number of hydrogen-bond donors (Lipinski definition) is 1. The van der Waals surface area contributed by atoms with Gasteiger partial charge in [-0.05, 0) is 39.2 Å². The summed E-state index contributed by atoms with van der Waals surface area (Å²) in [6.45, 7) is 8.57. The minimum Gasteiger partial charge on any atom is -0.309 e. The molecule has 0 saturated carbocycles. The molecule has 0 aromatic heterocycles. The fourth-order valence-electron chi connectivity index (χ4n) is 2.85. The maximum absolute atomic E-state index is 7.60. The highest BCUT2D eigenvalue weighted by molar-refractivity contribution is 5.80. The van der Waals surface area contributed by atoms with Crippen LogP contribution >= 0.6 is 0 Å². The van der Waals surface area contributed by atoms with E-state index in [9.17, 15) is 0 Å². The summed E-state index contributed by atoms with van der Waals surface area (Å²) in [5.41, 5.74) is 1.23. The van der Waals surface area contributed by atoms with Crippen LogP contribution in [0.3, 0.4) is 0 Å². The third-order valence-corrected chi connectivity index (χ3v) is 3.54. The highest BCUT2D eigenvalue weighted by Crippen LogP contribution is 2.36. The van der Waals surface area contributed by atoms with Gasteiger partial charge in [-0.2, -0.15) is 0 Å². The number of likely N-dealkylation sites (tertiary alicyclic amines) is 1. The van der Waals surface area contributed by atoms with Gasteiger partial charge in [0.15, 0.2) is 0 Å². The Bertz CT molecular complexity index is 200. The zero-order valence-electron chi connectivity index (χ0n) is 9.90. The van der Waals surface area contributed by atoms with E-state index in [1.807, 2.05) is 6.92 Å². The minimum absolute atomic E-state index is 0.428. The Morgan fingerprint density at radius 3 is 2.64 bits per heavy atom. The molecular weight excluding hydrogens is 172 g/mol. The van der Waals surface area contributed by atoms with Gasteiger partial charge >= 0.3 is 0 Å². The maximum atomic E-state index is 7.60. The van der Waals surface area contributed by atoms with Gasteiger partial charge < -0.3 is 5.41 Å². The van der Waals surface area contributed by atoms with Crippen molar-refractivity contribution >= 4 is 5.71 Å². The largest absolute Gasteiger partial charge is 0.309 e. The van der Waals surface area contributed by atoms with Crippen molar-refractivity contribution in [3.63, 3.8) is 0 Å². The molecule has 1 aliphatic rings. The summed E-state index contributed by atoms with van der Waals surface area (Å²) in [4.78, 5) is 2.54. The monoisotopic (exact) mass is 196 g/mol. The number of nitrogens with zero attached hydrogens (tertiary/aromatic N) is 1. The first kappa shape index (κ1) is 11.7. The minimum atomic E-state index is 0.428. The molecule has 0 aliphatic carbocycles. The Hall–Kier alpha value is -0.370. The first-order valence-corrected chi connectivity index (χ1v) is 5.93. The first-order valence-electron chi connectivity index (χ1n) is 5.93. The van der Waals surface area contributed by atoms with Crippen molar-refractivity contribution < 1.29 is 0 Å². The van der Waals surface area contributed by atoms with E-state index in [1.165, 1.54) is 38.6 Å². The summed E-state index contributed by atoms with van der Waals surface area (Å²) >= 11 is 0.